The summed E-state index contributed by atoms with van der Waals surface area (Å²) in [6.45, 7) is 4.23. The SMILES string of the molecule is CC(C)N(C)S(=O)(=O)c1ccc(C(=O)NCC2(C(=O)O)CCOCC2)cc1. The lowest BCUT2D eigenvalue weighted by molar-refractivity contribution is -0.154. The Bertz CT molecular complexity index is 783. The Balaban J connectivity index is 2.08. The third-order valence-electron chi connectivity index (χ3n) is 5.01. The van der Waals surface area contributed by atoms with Crippen LogP contribution in [0.1, 0.15) is 37.0 Å². The Morgan fingerprint density at radius 1 is 1.22 bits per heavy atom. The van der Waals surface area contributed by atoms with E-state index >= 15 is 0 Å². The molecule has 0 bridgehead atoms. The number of ether oxygens (including phenoxy) is 1. The second kappa shape index (κ2) is 8.37. The smallest absolute Gasteiger partial charge is 0.311 e. The van der Waals surface area contributed by atoms with Crippen molar-refractivity contribution < 1.29 is 27.9 Å². The monoisotopic (exact) mass is 398 g/mol. The fourth-order valence-corrected chi connectivity index (χ4v) is 4.17. The highest BCUT2D eigenvalue weighted by molar-refractivity contribution is 7.89. The van der Waals surface area contributed by atoms with Crippen LogP contribution in [0.15, 0.2) is 29.2 Å². The van der Waals surface area contributed by atoms with Crippen molar-refractivity contribution >= 4 is 21.9 Å². The molecule has 150 valence electrons. The molecule has 1 aliphatic rings. The first-order valence-electron chi connectivity index (χ1n) is 8.77. The van der Waals surface area contributed by atoms with Gasteiger partial charge in [-0.3, -0.25) is 9.59 Å². The van der Waals surface area contributed by atoms with E-state index in [0.29, 0.717) is 26.1 Å². The van der Waals surface area contributed by atoms with Gasteiger partial charge in [0.1, 0.15) is 0 Å². The van der Waals surface area contributed by atoms with E-state index in [2.05, 4.69) is 5.32 Å². The Morgan fingerprint density at radius 2 is 1.78 bits per heavy atom. The minimum Gasteiger partial charge on any atom is -0.481 e. The quantitative estimate of drug-likeness (QED) is 0.716. The second-order valence-corrected chi connectivity index (χ2v) is 9.02. The minimum absolute atomic E-state index is 0.000659. The molecule has 2 rings (SSSR count). The number of carboxylic acid groups (broad SMARTS) is 1. The van der Waals surface area contributed by atoms with Crippen LogP contribution in [0.3, 0.4) is 0 Å². The number of nitrogens with zero attached hydrogens (tertiary/aromatic N) is 1. The zero-order chi connectivity index (χ0) is 20.2. The van der Waals surface area contributed by atoms with E-state index in [1.54, 1.807) is 13.8 Å². The second-order valence-electron chi connectivity index (χ2n) is 7.02. The Kier molecular flexibility index (Phi) is 6.61. The third kappa shape index (κ3) is 4.66. The summed E-state index contributed by atoms with van der Waals surface area (Å²) in [6, 6.07) is 5.42. The first kappa shape index (κ1) is 21.3. The molecule has 1 heterocycles. The minimum atomic E-state index is -3.62. The van der Waals surface area contributed by atoms with Gasteiger partial charge in [-0.25, -0.2) is 8.42 Å². The Hall–Kier alpha value is -1.97. The zero-order valence-electron chi connectivity index (χ0n) is 15.8. The number of hydrogen-bond acceptors (Lipinski definition) is 5. The maximum atomic E-state index is 12.5. The lowest BCUT2D eigenvalue weighted by Gasteiger charge is -2.33. The van der Waals surface area contributed by atoms with Crippen molar-refractivity contribution in [1.29, 1.82) is 0 Å². The molecule has 2 N–H and O–H groups in total. The summed E-state index contributed by atoms with van der Waals surface area (Å²) in [5.41, 5.74) is -0.759. The van der Waals surface area contributed by atoms with Gasteiger partial charge in [0.2, 0.25) is 10.0 Å². The molecule has 0 aliphatic carbocycles. The van der Waals surface area contributed by atoms with Gasteiger partial charge < -0.3 is 15.2 Å². The van der Waals surface area contributed by atoms with E-state index < -0.39 is 27.3 Å². The standard InChI is InChI=1S/C18H26N2O6S/c1-13(2)20(3)27(24,25)15-6-4-14(5-7-15)16(21)19-12-18(17(22)23)8-10-26-11-9-18/h4-7,13H,8-12H2,1-3H3,(H,19,21)(H,22,23). The molecule has 1 aliphatic heterocycles. The van der Waals surface area contributed by atoms with Crippen LogP contribution >= 0.6 is 0 Å². The highest BCUT2D eigenvalue weighted by atomic mass is 32.2. The molecule has 8 nitrogen and oxygen atoms in total. The summed E-state index contributed by atoms with van der Waals surface area (Å²) in [6.07, 6.45) is 0.669. The van der Waals surface area contributed by atoms with Gasteiger partial charge in [0, 0.05) is 38.4 Å². The molecule has 27 heavy (non-hydrogen) atoms. The van der Waals surface area contributed by atoms with Gasteiger partial charge in [-0.2, -0.15) is 4.31 Å². The van der Waals surface area contributed by atoms with Gasteiger partial charge in [0.05, 0.1) is 10.3 Å². The molecule has 9 heteroatoms. The highest BCUT2D eigenvalue weighted by Gasteiger charge is 2.40. The van der Waals surface area contributed by atoms with Crippen molar-refractivity contribution in [2.24, 2.45) is 5.41 Å². The number of sulfonamides is 1. The van der Waals surface area contributed by atoms with Crippen LogP contribution in [-0.4, -0.2) is 62.6 Å². The summed E-state index contributed by atoms with van der Waals surface area (Å²) < 4.78 is 31.4. The van der Waals surface area contributed by atoms with E-state index in [9.17, 15) is 23.1 Å². The van der Waals surface area contributed by atoms with Crippen LogP contribution in [-0.2, 0) is 19.6 Å². The van der Waals surface area contributed by atoms with Crippen molar-refractivity contribution in [1.82, 2.24) is 9.62 Å². The van der Waals surface area contributed by atoms with Crippen LogP contribution in [0.25, 0.3) is 0 Å². The predicted octanol–water partition coefficient (Wildman–Crippen LogP) is 1.33. The molecule has 0 aromatic heterocycles. The van der Waals surface area contributed by atoms with E-state index in [0.717, 1.165) is 0 Å². The maximum absolute atomic E-state index is 12.5. The van der Waals surface area contributed by atoms with Gasteiger partial charge in [-0.05, 0) is 51.0 Å². The molecule has 0 unspecified atom stereocenters. The molecule has 0 radical (unpaired) electrons. The summed E-state index contributed by atoms with van der Waals surface area (Å²) in [5.74, 6) is -1.40. The number of aliphatic carboxylic acids is 1. The average Bonchev–Trinajstić information content (AvgIpc) is 2.66. The molecule has 1 aromatic carbocycles. The summed E-state index contributed by atoms with van der Waals surface area (Å²) in [5, 5.41) is 12.2. The number of carbonyl (C=O) groups excluding carboxylic acids is 1. The summed E-state index contributed by atoms with van der Waals surface area (Å²) >= 11 is 0. The van der Waals surface area contributed by atoms with Gasteiger partial charge in [-0.1, -0.05) is 0 Å². The summed E-state index contributed by atoms with van der Waals surface area (Å²) in [7, 11) is -2.12. The summed E-state index contributed by atoms with van der Waals surface area (Å²) in [4.78, 5) is 24.1. The third-order valence-corrected chi connectivity index (χ3v) is 7.06. The van der Waals surface area contributed by atoms with E-state index in [-0.39, 0.29) is 23.0 Å². The molecule has 0 atom stereocenters. The molecule has 0 saturated carbocycles. The predicted molar refractivity (Wildman–Crippen MR) is 99.0 cm³/mol. The number of hydrogen-bond donors (Lipinski definition) is 2. The van der Waals surface area contributed by atoms with Gasteiger partial charge in [0.15, 0.2) is 0 Å². The van der Waals surface area contributed by atoms with Crippen molar-refractivity contribution in [3.63, 3.8) is 0 Å². The van der Waals surface area contributed by atoms with Gasteiger partial charge in [0.25, 0.3) is 5.91 Å². The fraction of sp³-hybridized carbons (Fsp3) is 0.556. The van der Waals surface area contributed by atoms with Gasteiger partial charge in [-0.15, -0.1) is 0 Å². The highest BCUT2D eigenvalue weighted by Crippen LogP contribution is 2.30. The normalized spacial score (nSPS) is 17.1. The first-order valence-corrected chi connectivity index (χ1v) is 10.2. The zero-order valence-corrected chi connectivity index (χ0v) is 16.6. The molecule has 1 saturated heterocycles. The maximum Gasteiger partial charge on any atom is 0.311 e. The number of carbonyl (C=O) groups is 2. The largest absolute Gasteiger partial charge is 0.481 e. The van der Waals surface area contributed by atoms with Crippen molar-refractivity contribution in [3.05, 3.63) is 29.8 Å². The molecular weight excluding hydrogens is 372 g/mol. The molecule has 1 amide bonds. The molecule has 1 aromatic rings. The van der Waals surface area contributed by atoms with Crippen LogP contribution in [0, 0.1) is 5.41 Å². The molecular formula is C18H26N2O6S. The Morgan fingerprint density at radius 3 is 2.26 bits per heavy atom. The van der Waals surface area contributed by atoms with Crippen LogP contribution < -0.4 is 5.32 Å². The molecule has 1 fully saturated rings. The van der Waals surface area contributed by atoms with Gasteiger partial charge >= 0.3 is 5.97 Å². The topological polar surface area (TPSA) is 113 Å². The fourth-order valence-electron chi connectivity index (χ4n) is 2.80. The number of amides is 1. The number of carboxylic acids is 1. The number of rotatable bonds is 7. The van der Waals surface area contributed by atoms with Crippen LogP contribution in [0.4, 0.5) is 0 Å². The molecule has 0 spiro atoms. The lowest BCUT2D eigenvalue weighted by Crippen LogP contribution is -2.46. The lowest BCUT2D eigenvalue weighted by atomic mass is 9.80. The first-order chi connectivity index (χ1) is 12.6. The van der Waals surface area contributed by atoms with E-state index in [1.807, 2.05) is 0 Å². The van der Waals surface area contributed by atoms with Crippen molar-refractivity contribution in [2.75, 3.05) is 26.8 Å². The number of nitrogens with one attached hydrogen (secondary N) is 1. The Labute approximate surface area is 159 Å². The van der Waals surface area contributed by atoms with Crippen molar-refractivity contribution in [3.8, 4) is 0 Å². The number of benzene rings is 1. The average molecular weight is 398 g/mol. The van der Waals surface area contributed by atoms with Crippen molar-refractivity contribution in [2.45, 2.75) is 37.6 Å². The van der Waals surface area contributed by atoms with E-state index in [1.165, 1.54) is 35.6 Å². The van der Waals surface area contributed by atoms with Crippen LogP contribution in [0.2, 0.25) is 0 Å². The van der Waals surface area contributed by atoms with Crippen LogP contribution in [0.5, 0.6) is 0 Å². The van der Waals surface area contributed by atoms with E-state index in [4.69, 9.17) is 4.74 Å².